The molecule has 0 aliphatic carbocycles. The molecule has 0 saturated carbocycles. The van der Waals surface area contributed by atoms with Gasteiger partial charge in [0.1, 0.15) is 30.5 Å². The molecule has 9 nitrogen and oxygen atoms in total. The van der Waals surface area contributed by atoms with Crippen molar-refractivity contribution in [1.82, 2.24) is 0 Å². The lowest BCUT2D eigenvalue weighted by molar-refractivity contribution is -0.305. The molecule has 1 aliphatic heterocycles. The monoisotopic (exact) mass is 953 g/mol. The van der Waals surface area contributed by atoms with Crippen LogP contribution in [0.3, 0.4) is 0 Å². The molecule has 0 aromatic carbocycles. The molecule has 0 spiro atoms. The minimum absolute atomic E-state index is 0.123. The molecule has 0 amide bonds. The Labute approximate surface area is 415 Å². The molecule has 1 aliphatic rings. The van der Waals surface area contributed by atoms with Crippen LogP contribution in [0, 0.1) is 0 Å². The fraction of sp³-hybridized carbons (Fsp3) is 0.712. The maximum Gasteiger partial charge on any atom is 0.306 e. The van der Waals surface area contributed by atoms with Gasteiger partial charge in [-0.3, -0.25) is 4.79 Å². The molecule has 390 valence electrons. The van der Waals surface area contributed by atoms with E-state index < -0.39 is 43.4 Å². The zero-order chi connectivity index (χ0) is 49.2. The molecular formula is C59H100O9. The summed E-state index contributed by atoms with van der Waals surface area (Å²) in [6.45, 7) is 4.38. The number of carbonyl (C=O) groups excluding carboxylic acids is 1. The minimum Gasteiger partial charge on any atom is -0.457 e. The SMILES string of the molecule is CC/C=C\C/C=C\C/C=C\C/C=C\C/C=C\CCCCCC(=O)OC(COCCCCCCCCCCCCC/C=C\C/C=C\C/C=C\CCCCCCC)COC1OC(CO)C(O)C(O)C1O. The Bertz CT molecular complexity index is 1360. The Hall–Kier alpha value is -2.89. The lowest BCUT2D eigenvalue weighted by Gasteiger charge is -2.39. The van der Waals surface area contributed by atoms with E-state index in [-0.39, 0.29) is 25.6 Å². The maximum atomic E-state index is 12.8. The zero-order valence-corrected chi connectivity index (χ0v) is 43.1. The Kier molecular flexibility index (Phi) is 45.6. The minimum atomic E-state index is -1.55. The summed E-state index contributed by atoms with van der Waals surface area (Å²) in [5.41, 5.74) is 0. The van der Waals surface area contributed by atoms with E-state index in [1.54, 1.807) is 0 Å². The average molecular weight is 953 g/mol. The van der Waals surface area contributed by atoms with Gasteiger partial charge in [0.05, 0.1) is 19.8 Å². The number of aliphatic hydroxyl groups excluding tert-OH is 4. The van der Waals surface area contributed by atoms with E-state index in [1.165, 1.54) is 103 Å². The van der Waals surface area contributed by atoms with E-state index in [0.717, 1.165) is 77.0 Å². The second kappa shape index (κ2) is 49.1. The van der Waals surface area contributed by atoms with Crippen molar-refractivity contribution >= 4 is 5.97 Å². The molecule has 0 radical (unpaired) electrons. The Morgan fingerprint density at radius 1 is 0.485 bits per heavy atom. The zero-order valence-electron chi connectivity index (χ0n) is 43.1. The standard InChI is InChI=1S/C59H100O9/c1-3-5-7-9-11-13-15-17-19-21-23-24-25-26-27-28-29-31-33-35-37-39-41-43-45-47-49-65-51-53(52-66-59-58(64)57(63)56(62)54(50-60)68-59)67-55(61)48-46-44-42-40-38-36-34-32-30-22-20-18-16-14-12-10-8-6-4-2/h6,8,12,14-15,17-18,20-21,23,25-26,30,32,36,38,53-54,56-60,62-64H,3-5,7,9-11,13,16,19,22,24,27-29,31,33-35,37,39-52H2,1-2H3/b8-6-,14-12-,17-15-,20-18-,23-21-,26-25-,32-30-,38-36-. The van der Waals surface area contributed by atoms with E-state index >= 15 is 0 Å². The van der Waals surface area contributed by atoms with Crippen molar-refractivity contribution in [2.45, 2.75) is 243 Å². The van der Waals surface area contributed by atoms with Crippen LogP contribution in [0.15, 0.2) is 97.2 Å². The van der Waals surface area contributed by atoms with Crippen LogP contribution in [0.2, 0.25) is 0 Å². The van der Waals surface area contributed by atoms with E-state index in [2.05, 4.69) is 111 Å². The average Bonchev–Trinajstić information content (AvgIpc) is 3.34. The van der Waals surface area contributed by atoms with Gasteiger partial charge in [0.15, 0.2) is 6.29 Å². The third-order valence-corrected chi connectivity index (χ3v) is 12.0. The van der Waals surface area contributed by atoms with Crippen LogP contribution in [0.4, 0.5) is 0 Å². The summed E-state index contributed by atoms with van der Waals surface area (Å²) < 4.78 is 22.9. The van der Waals surface area contributed by atoms with Crippen LogP contribution in [0.5, 0.6) is 0 Å². The van der Waals surface area contributed by atoms with Crippen LogP contribution in [0.1, 0.15) is 206 Å². The summed E-state index contributed by atoms with van der Waals surface area (Å²) >= 11 is 0. The molecule has 1 heterocycles. The first-order valence-electron chi connectivity index (χ1n) is 27.3. The topological polar surface area (TPSA) is 135 Å². The molecule has 0 aromatic heterocycles. The van der Waals surface area contributed by atoms with Crippen LogP contribution < -0.4 is 0 Å². The van der Waals surface area contributed by atoms with Crippen molar-refractivity contribution in [2.75, 3.05) is 26.4 Å². The Balaban J connectivity index is 2.21. The number of rotatable bonds is 46. The van der Waals surface area contributed by atoms with Gasteiger partial charge in [-0.15, -0.1) is 0 Å². The van der Waals surface area contributed by atoms with Crippen molar-refractivity contribution in [3.05, 3.63) is 97.2 Å². The molecule has 0 aromatic rings. The number of ether oxygens (including phenoxy) is 4. The number of aliphatic hydroxyl groups is 4. The lowest BCUT2D eigenvalue weighted by Crippen LogP contribution is -2.59. The summed E-state index contributed by atoms with van der Waals surface area (Å²) in [6.07, 6.45) is 61.6. The second-order valence-electron chi connectivity index (χ2n) is 18.3. The van der Waals surface area contributed by atoms with Gasteiger partial charge >= 0.3 is 5.97 Å². The quantitative estimate of drug-likeness (QED) is 0.0267. The van der Waals surface area contributed by atoms with Crippen molar-refractivity contribution in [3.63, 3.8) is 0 Å². The van der Waals surface area contributed by atoms with Gasteiger partial charge in [-0.1, -0.05) is 201 Å². The Morgan fingerprint density at radius 3 is 1.35 bits per heavy atom. The highest BCUT2D eigenvalue weighted by Gasteiger charge is 2.44. The van der Waals surface area contributed by atoms with Gasteiger partial charge in [0, 0.05) is 13.0 Å². The number of hydrogen-bond donors (Lipinski definition) is 4. The largest absolute Gasteiger partial charge is 0.457 e. The van der Waals surface area contributed by atoms with Crippen molar-refractivity contribution < 1.29 is 44.2 Å². The molecule has 1 rings (SSSR count). The molecule has 6 atom stereocenters. The van der Waals surface area contributed by atoms with Gasteiger partial charge < -0.3 is 39.4 Å². The van der Waals surface area contributed by atoms with E-state index in [1.807, 2.05) is 0 Å². The fourth-order valence-corrected chi connectivity index (χ4v) is 7.76. The molecule has 68 heavy (non-hydrogen) atoms. The predicted octanol–water partition coefficient (Wildman–Crippen LogP) is 13.9. The number of allylic oxidation sites excluding steroid dienone is 16. The van der Waals surface area contributed by atoms with Crippen molar-refractivity contribution in [3.8, 4) is 0 Å². The maximum absolute atomic E-state index is 12.8. The molecule has 1 saturated heterocycles. The second-order valence-corrected chi connectivity index (χ2v) is 18.3. The summed E-state index contributed by atoms with van der Waals surface area (Å²) in [6, 6.07) is 0. The third-order valence-electron chi connectivity index (χ3n) is 12.0. The number of carbonyl (C=O) groups is 1. The summed E-state index contributed by atoms with van der Waals surface area (Å²) in [4.78, 5) is 12.8. The summed E-state index contributed by atoms with van der Waals surface area (Å²) in [5, 5.41) is 40.3. The first kappa shape index (κ1) is 63.1. The van der Waals surface area contributed by atoms with Gasteiger partial charge in [-0.2, -0.15) is 0 Å². The predicted molar refractivity (Wildman–Crippen MR) is 283 cm³/mol. The van der Waals surface area contributed by atoms with Crippen LogP contribution in [-0.4, -0.2) is 89.6 Å². The van der Waals surface area contributed by atoms with Gasteiger partial charge in [0.2, 0.25) is 0 Å². The van der Waals surface area contributed by atoms with E-state index in [4.69, 9.17) is 18.9 Å². The van der Waals surface area contributed by atoms with Gasteiger partial charge in [-0.25, -0.2) is 0 Å². The summed E-state index contributed by atoms with van der Waals surface area (Å²) in [7, 11) is 0. The molecule has 6 unspecified atom stereocenters. The molecule has 4 N–H and O–H groups in total. The highest BCUT2D eigenvalue weighted by Crippen LogP contribution is 2.23. The normalized spacial score (nSPS) is 19.9. The van der Waals surface area contributed by atoms with E-state index in [0.29, 0.717) is 13.0 Å². The Morgan fingerprint density at radius 2 is 0.897 bits per heavy atom. The highest BCUT2D eigenvalue weighted by molar-refractivity contribution is 5.69. The van der Waals surface area contributed by atoms with E-state index in [9.17, 15) is 25.2 Å². The first-order chi connectivity index (χ1) is 33.4. The highest BCUT2D eigenvalue weighted by atomic mass is 16.7. The molecule has 9 heteroatoms. The number of unbranched alkanes of at least 4 members (excludes halogenated alkanes) is 19. The van der Waals surface area contributed by atoms with Crippen LogP contribution in [-0.2, 0) is 23.7 Å². The smallest absolute Gasteiger partial charge is 0.306 e. The van der Waals surface area contributed by atoms with Gasteiger partial charge in [-0.05, 0) is 96.3 Å². The van der Waals surface area contributed by atoms with Gasteiger partial charge in [0.25, 0.3) is 0 Å². The first-order valence-corrected chi connectivity index (χ1v) is 27.3. The number of hydrogen-bond acceptors (Lipinski definition) is 9. The fourth-order valence-electron chi connectivity index (χ4n) is 7.76. The third kappa shape index (κ3) is 38.9. The summed E-state index contributed by atoms with van der Waals surface area (Å²) in [5.74, 6) is -0.348. The number of esters is 1. The van der Waals surface area contributed by atoms with Crippen LogP contribution in [0.25, 0.3) is 0 Å². The van der Waals surface area contributed by atoms with Crippen molar-refractivity contribution in [2.24, 2.45) is 0 Å². The van der Waals surface area contributed by atoms with Crippen LogP contribution >= 0.6 is 0 Å². The molecular weight excluding hydrogens is 853 g/mol. The molecule has 0 bridgehead atoms. The van der Waals surface area contributed by atoms with Crippen molar-refractivity contribution in [1.29, 1.82) is 0 Å². The molecule has 1 fully saturated rings. The lowest BCUT2D eigenvalue weighted by atomic mass is 9.99.